The lowest BCUT2D eigenvalue weighted by Gasteiger charge is -2.43. The Labute approximate surface area is 106 Å². The van der Waals surface area contributed by atoms with Gasteiger partial charge in [-0.05, 0) is 52.1 Å². The van der Waals surface area contributed by atoms with Crippen molar-refractivity contribution in [3.05, 3.63) is 0 Å². The van der Waals surface area contributed by atoms with Gasteiger partial charge in [-0.2, -0.15) is 0 Å². The van der Waals surface area contributed by atoms with Crippen LogP contribution in [0.15, 0.2) is 0 Å². The molecule has 100 valence electrons. The number of hydrogen-bond donors (Lipinski definition) is 1. The fraction of sp³-hybridized carbons (Fsp3) is 1.00. The molecule has 0 aromatic heterocycles. The van der Waals surface area contributed by atoms with Crippen molar-refractivity contribution in [1.82, 2.24) is 10.2 Å². The highest BCUT2D eigenvalue weighted by molar-refractivity contribution is 5.00. The van der Waals surface area contributed by atoms with E-state index in [9.17, 15) is 0 Å². The maximum absolute atomic E-state index is 5.51. The van der Waals surface area contributed by atoms with E-state index < -0.39 is 0 Å². The molecule has 2 atom stereocenters. The minimum Gasteiger partial charge on any atom is -0.383 e. The molecule has 2 heterocycles. The molecule has 2 rings (SSSR count). The van der Waals surface area contributed by atoms with E-state index in [1.165, 1.54) is 45.3 Å². The van der Waals surface area contributed by atoms with Crippen molar-refractivity contribution in [2.24, 2.45) is 5.92 Å². The number of rotatable bonds is 4. The maximum Gasteiger partial charge on any atom is 0.0647 e. The fourth-order valence-corrected chi connectivity index (χ4v) is 3.55. The number of likely N-dealkylation sites (tertiary alicyclic amines) is 1. The predicted molar refractivity (Wildman–Crippen MR) is 71.3 cm³/mol. The van der Waals surface area contributed by atoms with Crippen molar-refractivity contribution >= 4 is 0 Å². The summed E-state index contributed by atoms with van der Waals surface area (Å²) in [5.41, 5.74) is 0.261. The van der Waals surface area contributed by atoms with Crippen LogP contribution in [-0.4, -0.2) is 49.8 Å². The topological polar surface area (TPSA) is 24.5 Å². The van der Waals surface area contributed by atoms with Crippen LogP contribution in [0.1, 0.15) is 39.5 Å². The molecule has 0 aromatic rings. The summed E-state index contributed by atoms with van der Waals surface area (Å²) in [5, 5.41) is 3.78. The Morgan fingerprint density at radius 2 is 2.24 bits per heavy atom. The summed E-state index contributed by atoms with van der Waals surface area (Å²) in [6, 6.07) is 0.684. The van der Waals surface area contributed by atoms with E-state index in [4.69, 9.17) is 4.74 Å². The molecular formula is C14H28N2O. The van der Waals surface area contributed by atoms with Crippen LogP contribution < -0.4 is 5.32 Å². The van der Waals surface area contributed by atoms with E-state index in [0.717, 1.165) is 12.5 Å². The van der Waals surface area contributed by atoms with Gasteiger partial charge in [0.2, 0.25) is 0 Å². The van der Waals surface area contributed by atoms with Gasteiger partial charge in [-0.25, -0.2) is 0 Å². The summed E-state index contributed by atoms with van der Waals surface area (Å²) < 4.78 is 5.51. The monoisotopic (exact) mass is 240 g/mol. The molecule has 2 unspecified atom stereocenters. The van der Waals surface area contributed by atoms with Gasteiger partial charge in [-0.3, -0.25) is 0 Å². The van der Waals surface area contributed by atoms with E-state index in [1.807, 2.05) is 7.11 Å². The predicted octanol–water partition coefficient (Wildman–Crippen LogP) is 1.88. The zero-order valence-electron chi connectivity index (χ0n) is 11.7. The molecule has 0 radical (unpaired) electrons. The SMILES string of the molecule is COCC1(C2CCN(C(C)C)C2)CCCCN1. The highest BCUT2D eigenvalue weighted by Crippen LogP contribution is 2.34. The number of nitrogens with one attached hydrogen (secondary N) is 1. The smallest absolute Gasteiger partial charge is 0.0647 e. The van der Waals surface area contributed by atoms with Crippen LogP contribution in [0.5, 0.6) is 0 Å². The molecule has 0 aliphatic carbocycles. The molecule has 2 aliphatic heterocycles. The quantitative estimate of drug-likeness (QED) is 0.812. The molecule has 3 heteroatoms. The molecule has 0 saturated carbocycles. The second kappa shape index (κ2) is 5.68. The second-order valence-electron chi connectivity index (χ2n) is 6.05. The first kappa shape index (κ1) is 13.3. The molecule has 0 bridgehead atoms. The zero-order valence-corrected chi connectivity index (χ0v) is 11.7. The van der Waals surface area contributed by atoms with Crippen LogP contribution in [0.3, 0.4) is 0 Å². The highest BCUT2D eigenvalue weighted by Gasteiger charge is 2.43. The number of hydrogen-bond acceptors (Lipinski definition) is 3. The Kier molecular flexibility index (Phi) is 4.45. The third kappa shape index (κ3) is 2.83. The van der Waals surface area contributed by atoms with Crippen LogP contribution in [-0.2, 0) is 4.74 Å². The third-order valence-corrected chi connectivity index (χ3v) is 4.66. The largest absolute Gasteiger partial charge is 0.383 e. The molecular weight excluding hydrogens is 212 g/mol. The lowest BCUT2D eigenvalue weighted by molar-refractivity contribution is 0.0487. The van der Waals surface area contributed by atoms with Crippen molar-refractivity contribution < 1.29 is 4.74 Å². The molecule has 17 heavy (non-hydrogen) atoms. The Bertz CT molecular complexity index is 231. The minimum absolute atomic E-state index is 0.261. The summed E-state index contributed by atoms with van der Waals surface area (Å²) in [6.45, 7) is 9.16. The summed E-state index contributed by atoms with van der Waals surface area (Å²) >= 11 is 0. The van der Waals surface area contributed by atoms with Gasteiger partial charge in [0.15, 0.2) is 0 Å². The van der Waals surface area contributed by atoms with Gasteiger partial charge in [0.25, 0.3) is 0 Å². The Hall–Kier alpha value is -0.120. The van der Waals surface area contributed by atoms with Crippen LogP contribution in [0.4, 0.5) is 0 Å². The molecule has 0 aromatic carbocycles. The van der Waals surface area contributed by atoms with E-state index in [2.05, 4.69) is 24.1 Å². The first-order valence-electron chi connectivity index (χ1n) is 7.16. The van der Waals surface area contributed by atoms with Crippen LogP contribution in [0.2, 0.25) is 0 Å². The lowest BCUT2D eigenvalue weighted by atomic mass is 9.77. The van der Waals surface area contributed by atoms with Crippen molar-refractivity contribution in [2.75, 3.05) is 33.4 Å². The summed E-state index contributed by atoms with van der Waals surface area (Å²) in [7, 11) is 1.84. The average molecular weight is 240 g/mol. The van der Waals surface area contributed by atoms with Gasteiger partial charge in [-0.15, -0.1) is 0 Å². The standard InChI is InChI=1S/C14H28N2O/c1-12(2)16-9-6-13(10-16)14(11-17-3)7-4-5-8-15-14/h12-13,15H,4-11H2,1-3H3. The highest BCUT2D eigenvalue weighted by atomic mass is 16.5. The van der Waals surface area contributed by atoms with E-state index >= 15 is 0 Å². The minimum atomic E-state index is 0.261. The van der Waals surface area contributed by atoms with Gasteiger partial charge in [0.1, 0.15) is 0 Å². The second-order valence-corrected chi connectivity index (χ2v) is 6.05. The van der Waals surface area contributed by atoms with Crippen molar-refractivity contribution in [3.63, 3.8) is 0 Å². The van der Waals surface area contributed by atoms with E-state index in [-0.39, 0.29) is 5.54 Å². The average Bonchev–Trinajstić information content (AvgIpc) is 2.80. The first-order valence-corrected chi connectivity index (χ1v) is 7.16. The molecule has 1 N–H and O–H groups in total. The van der Waals surface area contributed by atoms with Crippen LogP contribution >= 0.6 is 0 Å². The number of ether oxygens (including phenoxy) is 1. The summed E-state index contributed by atoms with van der Waals surface area (Å²) in [4.78, 5) is 2.61. The number of nitrogens with zero attached hydrogens (tertiary/aromatic N) is 1. The van der Waals surface area contributed by atoms with Gasteiger partial charge in [0.05, 0.1) is 6.61 Å². The Morgan fingerprint density at radius 3 is 2.76 bits per heavy atom. The van der Waals surface area contributed by atoms with Crippen LogP contribution in [0, 0.1) is 5.92 Å². The molecule has 0 spiro atoms. The van der Waals surface area contributed by atoms with Crippen molar-refractivity contribution in [2.45, 2.75) is 51.1 Å². The zero-order chi connectivity index (χ0) is 12.3. The van der Waals surface area contributed by atoms with Gasteiger partial charge >= 0.3 is 0 Å². The lowest BCUT2D eigenvalue weighted by Crippen LogP contribution is -2.57. The number of methoxy groups -OCH3 is 1. The maximum atomic E-state index is 5.51. The third-order valence-electron chi connectivity index (χ3n) is 4.66. The Morgan fingerprint density at radius 1 is 1.41 bits per heavy atom. The van der Waals surface area contributed by atoms with Gasteiger partial charge < -0.3 is 15.0 Å². The normalized spacial score (nSPS) is 35.6. The number of piperidine rings is 1. The van der Waals surface area contributed by atoms with Crippen LogP contribution in [0.25, 0.3) is 0 Å². The summed E-state index contributed by atoms with van der Waals surface area (Å²) in [6.07, 6.45) is 5.30. The van der Waals surface area contributed by atoms with E-state index in [0.29, 0.717) is 6.04 Å². The van der Waals surface area contributed by atoms with Crippen molar-refractivity contribution in [3.8, 4) is 0 Å². The van der Waals surface area contributed by atoms with E-state index in [1.54, 1.807) is 0 Å². The first-order chi connectivity index (χ1) is 8.18. The fourth-order valence-electron chi connectivity index (χ4n) is 3.55. The van der Waals surface area contributed by atoms with Gasteiger partial charge in [-0.1, -0.05) is 6.42 Å². The van der Waals surface area contributed by atoms with Crippen molar-refractivity contribution in [1.29, 1.82) is 0 Å². The van der Waals surface area contributed by atoms with Gasteiger partial charge in [0, 0.05) is 25.2 Å². The molecule has 2 fully saturated rings. The Balaban J connectivity index is 2.01. The molecule has 2 saturated heterocycles. The molecule has 2 aliphatic rings. The molecule has 0 amide bonds. The molecule has 3 nitrogen and oxygen atoms in total. The summed E-state index contributed by atoms with van der Waals surface area (Å²) in [5.74, 6) is 0.769.